The lowest BCUT2D eigenvalue weighted by Gasteiger charge is -2.16. The second kappa shape index (κ2) is 9.00. The maximum Gasteiger partial charge on any atom is 0.355 e. The molecular weight excluding hydrogens is 503 g/mol. The van der Waals surface area contributed by atoms with Gasteiger partial charge in [0.2, 0.25) is 5.95 Å². The second-order valence-electron chi connectivity index (χ2n) is 7.70. The summed E-state index contributed by atoms with van der Waals surface area (Å²) in [5, 5.41) is 7.83. The fourth-order valence-electron chi connectivity index (χ4n) is 3.54. The highest BCUT2D eigenvalue weighted by atomic mass is 35.5. The van der Waals surface area contributed by atoms with Crippen molar-refractivity contribution in [2.45, 2.75) is 13.1 Å². The number of hydrogen-bond acceptors (Lipinski definition) is 7. The molecule has 0 unspecified atom stereocenters. The molecule has 0 fully saturated rings. The molecule has 184 valence electrons. The number of nitrogens with one attached hydrogen (secondary N) is 1. The van der Waals surface area contributed by atoms with Crippen molar-refractivity contribution in [1.82, 2.24) is 28.9 Å². The lowest BCUT2D eigenvalue weighted by Crippen LogP contribution is -2.43. The van der Waals surface area contributed by atoms with E-state index in [0.29, 0.717) is 27.6 Å². The SMILES string of the molecule is [2H]c1nc(Cn2c(=O)nc(Nc3cc4cn(C)nc4cc3Cl)n(Cc3cc(F)c(F)cc3F)c2=O)c([2H])o1. The number of fused-ring (bicyclic) bond motifs is 1. The zero-order valence-corrected chi connectivity index (χ0v) is 19.0. The molecule has 0 radical (unpaired) electrons. The normalized spacial score (nSPS) is 12.1. The monoisotopic (exact) mass is 519 g/mol. The van der Waals surface area contributed by atoms with E-state index in [1.807, 2.05) is 0 Å². The van der Waals surface area contributed by atoms with Gasteiger partial charge in [-0.15, -0.1) is 0 Å². The minimum atomic E-state index is -1.42. The molecule has 0 bridgehead atoms. The molecule has 0 aliphatic rings. The van der Waals surface area contributed by atoms with Gasteiger partial charge in [0.1, 0.15) is 14.8 Å². The zero-order chi connectivity index (χ0) is 27.3. The van der Waals surface area contributed by atoms with Crippen molar-refractivity contribution >= 4 is 34.1 Å². The van der Waals surface area contributed by atoms with Crippen molar-refractivity contribution in [1.29, 1.82) is 0 Å². The molecule has 0 saturated heterocycles. The Balaban J connectivity index is 1.65. The molecule has 5 rings (SSSR count). The topological polar surface area (TPSA) is 113 Å². The molecule has 14 heteroatoms. The molecule has 0 aliphatic heterocycles. The first-order chi connectivity index (χ1) is 18.0. The largest absolute Gasteiger partial charge is 0.451 e. The summed E-state index contributed by atoms with van der Waals surface area (Å²) < 4.78 is 64.6. The molecule has 1 N–H and O–H groups in total. The third-order valence-electron chi connectivity index (χ3n) is 5.22. The average molecular weight is 520 g/mol. The van der Waals surface area contributed by atoms with Gasteiger partial charge in [-0.2, -0.15) is 10.1 Å². The Kier molecular flexibility index (Phi) is 5.23. The summed E-state index contributed by atoms with van der Waals surface area (Å²) in [6.07, 6.45) is 0.551. The maximum atomic E-state index is 14.5. The summed E-state index contributed by atoms with van der Waals surface area (Å²) in [6, 6.07) is 4.03. The molecule has 0 saturated carbocycles. The van der Waals surface area contributed by atoms with E-state index in [9.17, 15) is 22.8 Å². The van der Waals surface area contributed by atoms with Crippen LogP contribution in [-0.2, 0) is 20.1 Å². The molecule has 3 heterocycles. The predicted octanol–water partition coefficient (Wildman–Crippen LogP) is 3.19. The molecule has 0 aliphatic carbocycles. The smallest absolute Gasteiger partial charge is 0.355 e. The van der Waals surface area contributed by atoms with Crippen molar-refractivity contribution in [3.63, 3.8) is 0 Å². The van der Waals surface area contributed by atoms with E-state index in [4.69, 9.17) is 18.8 Å². The number of anilines is 2. The van der Waals surface area contributed by atoms with E-state index in [2.05, 4.69) is 20.4 Å². The van der Waals surface area contributed by atoms with Crippen molar-refractivity contribution in [2.75, 3.05) is 5.32 Å². The van der Waals surface area contributed by atoms with Crippen molar-refractivity contribution in [2.24, 2.45) is 7.05 Å². The first kappa shape index (κ1) is 20.9. The molecule has 10 nitrogen and oxygen atoms in total. The van der Waals surface area contributed by atoms with Gasteiger partial charge in [-0.3, -0.25) is 9.25 Å². The van der Waals surface area contributed by atoms with Gasteiger partial charge >= 0.3 is 11.4 Å². The van der Waals surface area contributed by atoms with Crippen molar-refractivity contribution in [3.05, 3.63) is 97.8 Å². The van der Waals surface area contributed by atoms with Crippen LogP contribution in [0, 0.1) is 17.5 Å². The highest BCUT2D eigenvalue weighted by Crippen LogP contribution is 2.29. The molecular formula is C22H15ClF3N7O3. The highest BCUT2D eigenvalue weighted by Gasteiger charge is 2.19. The molecule has 3 aromatic heterocycles. The zero-order valence-electron chi connectivity index (χ0n) is 20.2. The van der Waals surface area contributed by atoms with E-state index in [-0.39, 0.29) is 22.4 Å². The number of hydrogen-bond donors (Lipinski definition) is 1. The lowest BCUT2D eigenvalue weighted by molar-refractivity contribution is 0.485. The Morgan fingerprint density at radius 2 is 1.86 bits per heavy atom. The standard InChI is InChI=1S/C22H15ClF3N7O3/c1-31-6-12-3-19(14(23)4-18(12)30-31)28-20-29-21(34)33(8-13-9-36-10-27-13)22(35)32(20)7-11-2-16(25)17(26)5-15(11)24/h2-6,9-10H,7-8H2,1H3,(H,28,29,34)/i9D,10D. The third kappa shape index (κ3) is 4.35. The van der Waals surface area contributed by atoms with Gasteiger partial charge in [0.05, 0.1) is 35.0 Å². The Morgan fingerprint density at radius 3 is 2.61 bits per heavy atom. The minimum absolute atomic E-state index is 0.157. The minimum Gasteiger partial charge on any atom is -0.451 e. The van der Waals surface area contributed by atoms with Crippen molar-refractivity contribution in [3.8, 4) is 0 Å². The Bertz CT molecular complexity index is 1850. The number of aryl methyl sites for hydroxylation is 1. The summed E-state index contributed by atoms with van der Waals surface area (Å²) >= 11 is 6.36. The van der Waals surface area contributed by atoms with Gasteiger partial charge in [0.15, 0.2) is 18.0 Å². The fourth-order valence-corrected chi connectivity index (χ4v) is 3.75. The van der Waals surface area contributed by atoms with Crippen LogP contribution in [0.1, 0.15) is 14.0 Å². The second-order valence-corrected chi connectivity index (χ2v) is 8.11. The predicted molar refractivity (Wildman–Crippen MR) is 123 cm³/mol. The highest BCUT2D eigenvalue weighted by molar-refractivity contribution is 6.34. The summed E-state index contributed by atoms with van der Waals surface area (Å²) in [4.78, 5) is 33.8. The van der Waals surface area contributed by atoms with E-state index in [1.165, 1.54) is 6.07 Å². The van der Waals surface area contributed by atoms with E-state index in [0.717, 1.165) is 4.57 Å². The van der Waals surface area contributed by atoms with Crippen LogP contribution in [0.3, 0.4) is 0 Å². The van der Waals surface area contributed by atoms with E-state index >= 15 is 0 Å². The number of nitrogens with zero attached hydrogens (tertiary/aromatic N) is 6. The number of rotatable bonds is 6. The lowest BCUT2D eigenvalue weighted by atomic mass is 10.2. The average Bonchev–Trinajstić information content (AvgIpc) is 3.36. The van der Waals surface area contributed by atoms with Crippen LogP contribution in [0.5, 0.6) is 0 Å². The van der Waals surface area contributed by atoms with Crippen LogP contribution >= 0.6 is 11.6 Å². The molecule has 2 aromatic carbocycles. The Morgan fingerprint density at radius 1 is 1.08 bits per heavy atom. The van der Waals surface area contributed by atoms with Gasteiger partial charge in [0.25, 0.3) is 0 Å². The van der Waals surface area contributed by atoms with Gasteiger partial charge in [-0.25, -0.2) is 32.3 Å². The van der Waals surface area contributed by atoms with Crippen LogP contribution in [0.15, 0.2) is 57.1 Å². The van der Waals surface area contributed by atoms with Gasteiger partial charge in [0, 0.05) is 30.3 Å². The summed E-state index contributed by atoms with van der Waals surface area (Å²) in [5.41, 5.74) is -1.95. The van der Waals surface area contributed by atoms with Crippen LogP contribution in [0.4, 0.5) is 24.8 Å². The Hall–Kier alpha value is -4.39. The summed E-state index contributed by atoms with van der Waals surface area (Å²) in [6.45, 7) is -1.25. The molecule has 36 heavy (non-hydrogen) atoms. The van der Waals surface area contributed by atoms with Crippen molar-refractivity contribution < 1.29 is 20.3 Å². The number of benzene rings is 2. The van der Waals surface area contributed by atoms with E-state index in [1.54, 1.807) is 24.0 Å². The number of halogens is 4. The summed E-state index contributed by atoms with van der Waals surface area (Å²) in [5.74, 6) is -4.28. The van der Waals surface area contributed by atoms with Gasteiger partial charge < -0.3 is 9.73 Å². The first-order valence-corrected chi connectivity index (χ1v) is 10.6. The molecule has 5 aromatic rings. The fraction of sp³-hybridized carbons (Fsp3) is 0.136. The van der Waals surface area contributed by atoms with Gasteiger partial charge in [-0.1, -0.05) is 11.6 Å². The van der Waals surface area contributed by atoms with Crippen LogP contribution in [0.2, 0.25) is 5.02 Å². The molecule has 0 atom stereocenters. The number of oxazole rings is 1. The van der Waals surface area contributed by atoms with Gasteiger partial charge in [-0.05, 0) is 18.2 Å². The van der Waals surface area contributed by atoms with Crippen LogP contribution < -0.4 is 16.7 Å². The third-order valence-corrected chi connectivity index (χ3v) is 5.54. The maximum absolute atomic E-state index is 14.5. The quantitative estimate of drug-likeness (QED) is 0.343. The number of aromatic nitrogens is 6. The molecule has 0 spiro atoms. The molecule has 0 amide bonds. The van der Waals surface area contributed by atoms with Crippen LogP contribution in [0.25, 0.3) is 10.9 Å². The van der Waals surface area contributed by atoms with Crippen LogP contribution in [-0.4, -0.2) is 28.9 Å². The first-order valence-electron chi connectivity index (χ1n) is 11.2. The summed E-state index contributed by atoms with van der Waals surface area (Å²) in [7, 11) is 1.71. The van der Waals surface area contributed by atoms with E-state index < -0.39 is 60.1 Å². The Labute approximate surface area is 207 Å².